The Hall–Kier alpha value is -0.270. The van der Waals surface area contributed by atoms with Crippen molar-refractivity contribution in [3.8, 4) is 0 Å². The summed E-state index contributed by atoms with van der Waals surface area (Å²) in [5.74, 6) is 0.209. The molecule has 0 aromatic rings. The molecule has 3 saturated heterocycles. The second kappa shape index (κ2) is 5.36. The molecule has 0 aromatic carbocycles. The molecular formula is C17H26O5S. The van der Waals surface area contributed by atoms with E-state index in [0.29, 0.717) is 16.4 Å². The number of thiocarbonyl (C=S) groups is 1. The summed E-state index contributed by atoms with van der Waals surface area (Å²) in [6.45, 7) is 6.94. The van der Waals surface area contributed by atoms with Gasteiger partial charge in [0.2, 0.25) is 0 Å². The fourth-order valence-electron chi connectivity index (χ4n) is 4.46. The summed E-state index contributed by atoms with van der Waals surface area (Å²) < 4.78 is 29.8. The summed E-state index contributed by atoms with van der Waals surface area (Å²) in [5, 5.41) is 0.460. The molecule has 0 bridgehead atoms. The summed E-state index contributed by atoms with van der Waals surface area (Å²) in [7, 11) is 1.62. The molecule has 0 amide bonds. The first kappa shape index (κ1) is 16.2. The highest BCUT2D eigenvalue weighted by atomic mass is 32.1. The molecule has 3 aliphatic heterocycles. The van der Waals surface area contributed by atoms with Crippen molar-refractivity contribution in [1.29, 1.82) is 0 Å². The Morgan fingerprint density at radius 1 is 1.09 bits per heavy atom. The Bertz CT molecular complexity index is 494. The molecule has 0 radical (unpaired) electrons. The smallest absolute Gasteiger partial charge is 0.192 e. The van der Waals surface area contributed by atoms with Crippen molar-refractivity contribution < 1.29 is 23.7 Å². The quantitative estimate of drug-likeness (QED) is 0.683. The Morgan fingerprint density at radius 3 is 2.39 bits per heavy atom. The molecule has 1 unspecified atom stereocenters. The number of hydrogen-bond donors (Lipinski definition) is 0. The molecule has 5 nitrogen and oxygen atoms in total. The van der Waals surface area contributed by atoms with Gasteiger partial charge in [-0.2, -0.15) is 0 Å². The topological polar surface area (TPSA) is 46.2 Å². The molecular weight excluding hydrogens is 316 g/mol. The van der Waals surface area contributed by atoms with Crippen LogP contribution >= 0.6 is 12.2 Å². The largest absolute Gasteiger partial charge is 0.475 e. The molecule has 4 fully saturated rings. The van der Waals surface area contributed by atoms with Crippen LogP contribution in [0.4, 0.5) is 0 Å². The van der Waals surface area contributed by atoms with Crippen molar-refractivity contribution in [2.24, 2.45) is 11.3 Å². The van der Waals surface area contributed by atoms with Crippen LogP contribution in [0, 0.1) is 11.3 Å². The van der Waals surface area contributed by atoms with Crippen molar-refractivity contribution in [1.82, 2.24) is 0 Å². The van der Waals surface area contributed by atoms with Crippen LogP contribution in [0.25, 0.3) is 0 Å². The Morgan fingerprint density at radius 2 is 1.78 bits per heavy atom. The van der Waals surface area contributed by atoms with Gasteiger partial charge in [-0.05, 0) is 36.4 Å². The minimum atomic E-state index is -0.502. The molecule has 1 spiro atoms. The van der Waals surface area contributed by atoms with E-state index in [4.69, 9.17) is 35.9 Å². The van der Waals surface area contributed by atoms with Gasteiger partial charge >= 0.3 is 0 Å². The highest BCUT2D eigenvalue weighted by molar-refractivity contribution is 7.80. The van der Waals surface area contributed by atoms with Crippen molar-refractivity contribution >= 4 is 17.3 Å². The number of rotatable bonds is 1. The van der Waals surface area contributed by atoms with Crippen molar-refractivity contribution in [2.45, 2.75) is 82.9 Å². The molecule has 0 aromatic heterocycles. The van der Waals surface area contributed by atoms with Gasteiger partial charge in [0.25, 0.3) is 0 Å². The van der Waals surface area contributed by atoms with Crippen LogP contribution in [-0.2, 0) is 23.7 Å². The molecule has 0 N–H and O–H groups in total. The maximum Gasteiger partial charge on any atom is 0.192 e. The van der Waals surface area contributed by atoms with E-state index in [1.165, 1.54) is 0 Å². The number of hydrogen-bond acceptors (Lipinski definition) is 6. The van der Waals surface area contributed by atoms with E-state index in [2.05, 4.69) is 20.8 Å². The van der Waals surface area contributed by atoms with Gasteiger partial charge in [-0.3, -0.25) is 0 Å². The van der Waals surface area contributed by atoms with Crippen molar-refractivity contribution in [2.75, 3.05) is 7.11 Å². The highest BCUT2D eigenvalue weighted by Gasteiger charge is 2.64. The first-order valence-electron chi connectivity index (χ1n) is 8.57. The lowest BCUT2D eigenvalue weighted by atomic mass is 9.71. The summed E-state index contributed by atoms with van der Waals surface area (Å²) in [6, 6.07) is 0. The zero-order valence-electron chi connectivity index (χ0n) is 14.2. The molecule has 6 heteroatoms. The third kappa shape index (κ3) is 2.54. The molecule has 3 heterocycles. The molecule has 1 saturated carbocycles. The Labute approximate surface area is 142 Å². The number of fused-ring (bicyclic) bond motifs is 3. The van der Waals surface area contributed by atoms with E-state index < -0.39 is 5.79 Å². The van der Waals surface area contributed by atoms with E-state index in [9.17, 15) is 0 Å². The van der Waals surface area contributed by atoms with Crippen LogP contribution in [0.15, 0.2) is 0 Å². The molecule has 23 heavy (non-hydrogen) atoms. The fourth-order valence-corrected chi connectivity index (χ4v) is 4.80. The van der Waals surface area contributed by atoms with Gasteiger partial charge in [0.05, 0.1) is 0 Å². The minimum absolute atomic E-state index is 0.204. The van der Waals surface area contributed by atoms with E-state index in [1.807, 2.05) is 0 Å². The van der Waals surface area contributed by atoms with Gasteiger partial charge in [-0.25, -0.2) is 0 Å². The maximum atomic E-state index is 6.34. The van der Waals surface area contributed by atoms with E-state index in [1.54, 1.807) is 7.11 Å². The van der Waals surface area contributed by atoms with Gasteiger partial charge in [0.15, 0.2) is 35.4 Å². The highest BCUT2D eigenvalue weighted by Crippen LogP contribution is 2.51. The normalized spacial score (nSPS) is 49.3. The zero-order chi connectivity index (χ0) is 16.4. The molecule has 4 aliphatic rings. The van der Waals surface area contributed by atoms with Gasteiger partial charge < -0.3 is 23.7 Å². The first-order chi connectivity index (χ1) is 10.8. The molecule has 130 valence electrons. The lowest BCUT2D eigenvalue weighted by molar-refractivity contribution is -0.251. The summed E-state index contributed by atoms with van der Waals surface area (Å²) in [5.41, 5.74) is 0.337. The van der Waals surface area contributed by atoms with Crippen molar-refractivity contribution in [3.63, 3.8) is 0 Å². The second-order valence-corrected chi connectivity index (χ2v) is 8.68. The molecule has 5 atom stereocenters. The van der Waals surface area contributed by atoms with Crippen LogP contribution in [-0.4, -0.2) is 48.7 Å². The standard InChI is InChI=1S/C17H26O5S/c1-16(2,3)9-5-7-17(8-6-9)21-12-10-11(19-14(12)22-17)13(18-4)15(23)20-10/h9-14H,5-8H2,1-4H3/t9?,10-,11-,12+,13?,14+,17?/m0/s1. The van der Waals surface area contributed by atoms with Crippen LogP contribution in [0.2, 0.25) is 0 Å². The van der Waals surface area contributed by atoms with Gasteiger partial charge in [0.1, 0.15) is 6.10 Å². The Balaban J connectivity index is 1.43. The van der Waals surface area contributed by atoms with Crippen LogP contribution in [0.1, 0.15) is 46.5 Å². The number of methoxy groups -OCH3 is 1. The lowest BCUT2D eigenvalue weighted by Gasteiger charge is -2.41. The predicted octanol–water partition coefficient (Wildman–Crippen LogP) is 2.80. The van der Waals surface area contributed by atoms with Crippen LogP contribution in [0.5, 0.6) is 0 Å². The minimum Gasteiger partial charge on any atom is -0.475 e. The number of ether oxygens (including phenoxy) is 5. The maximum absolute atomic E-state index is 6.34. The summed E-state index contributed by atoms with van der Waals surface area (Å²) >= 11 is 5.23. The van der Waals surface area contributed by atoms with Gasteiger partial charge in [-0.1, -0.05) is 20.8 Å². The van der Waals surface area contributed by atoms with E-state index >= 15 is 0 Å². The SMILES string of the molecule is COC1C(=S)O[C@@H]2[C@H]3OC4(CCC(C(C)(C)C)CC4)O[C@H]3O[C@H]12. The fraction of sp³-hybridized carbons (Fsp3) is 0.941. The Kier molecular flexibility index (Phi) is 3.78. The monoisotopic (exact) mass is 342 g/mol. The third-order valence-corrected chi connectivity index (χ3v) is 6.23. The molecule has 4 rings (SSSR count). The summed E-state index contributed by atoms with van der Waals surface area (Å²) in [6.07, 6.45) is 2.78. The van der Waals surface area contributed by atoms with E-state index in [-0.39, 0.29) is 30.7 Å². The van der Waals surface area contributed by atoms with Crippen LogP contribution in [0.3, 0.4) is 0 Å². The lowest BCUT2D eigenvalue weighted by Crippen LogP contribution is -2.42. The van der Waals surface area contributed by atoms with Gasteiger partial charge in [-0.15, -0.1) is 0 Å². The molecule has 1 aliphatic carbocycles. The second-order valence-electron chi connectivity index (χ2n) is 8.28. The predicted molar refractivity (Wildman–Crippen MR) is 87.0 cm³/mol. The average Bonchev–Trinajstić information content (AvgIpc) is 3.06. The average molecular weight is 342 g/mol. The zero-order valence-corrected chi connectivity index (χ0v) is 15.1. The first-order valence-corrected chi connectivity index (χ1v) is 8.98. The van der Waals surface area contributed by atoms with E-state index in [0.717, 1.165) is 25.7 Å². The summed E-state index contributed by atoms with van der Waals surface area (Å²) in [4.78, 5) is 0. The van der Waals surface area contributed by atoms with Gasteiger partial charge in [0, 0.05) is 20.0 Å². The third-order valence-electron chi connectivity index (χ3n) is 5.90. The van der Waals surface area contributed by atoms with Crippen LogP contribution < -0.4 is 0 Å². The van der Waals surface area contributed by atoms with Crippen molar-refractivity contribution in [3.05, 3.63) is 0 Å².